The van der Waals surface area contributed by atoms with E-state index in [1.807, 2.05) is 24.3 Å². The Hall–Kier alpha value is -2.70. The van der Waals surface area contributed by atoms with Crippen LogP contribution in [0.3, 0.4) is 0 Å². The largest absolute Gasteiger partial charge is 0.469 e. The van der Waals surface area contributed by atoms with E-state index in [-0.39, 0.29) is 18.2 Å². The first-order chi connectivity index (χ1) is 9.60. The number of carbonyl (C=O) groups is 1. The SMILES string of the molecule is COC(=O)Cc1ccccc1Cn1cnc([N+](=O)[O-])c1. The van der Waals surface area contributed by atoms with Gasteiger partial charge in [-0.25, -0.2) is 0 Å². The number of imidazole rings is 1. The van der Waals surface area contributed by atoms with Gasteiger partial charge in [-0.15, -0.1) is 0 Å². The van der Waals surface area contributed by atoms with Crippen LogP contribution in [-0.2, 0) is 22.5 Å². The maximum Gasteiger partial charge on any atom is 0.381 e. The minimum atomic E-state index is -0.545. The molecule has 0 atom stereocenters. The molecule has 2 rings (SSSR count). The summed E-state index contributed by atoms with van der Waals surface area (Å²) in [6.07, 6.45) is 2.92. The Balaban J connectivity index is 2.19. The molecule has 1 aromatic carbocycles. The molecule has 0 aliphatic carbocycles. The number of methoxy groups -OCH3 is 1. The molecule has 0 radical (unpaired) electrons. The number of nitrogens with zero attached hydrogens (tertiary/aromatic N) is 3. The molecule has 0 saturated carbocycles. The van der Waals surface area contributed by atoms with Gasteiger partial charge in [-0.05, 0) is 21.0 Å². The van der Waals surface area contributed by atoms with Gasteiger partial charge in [0.1, 0.15) is 6.20 Å². The fourth-order valence-corrected chi connectivity index (χ4v) is 1.84. The highest BCUT2D eigenvalue weighted by atomic mass is 16.6. The lowest BCUT2D eigenvalue weighted by atomic mass is 10.0. The van der Waals surface area contributed by atoms with Gasteiger partial charge in [0, 0.05) is 0 Å². The van der Waals surface area contributed by atoms with E-state index in [1.165, 1.54) is 19.6 Å². The Bertz CT molecular complexity index is 636. The van der Waals surface area contributed by atoms with E-state index in [0.29, 0.717) is 6.54 Å². The predicted octanol–water partition coefficient (Wildman–Crippen LogP) is 1.56. The average Bonchev–Trinajstić information content (AvgIpc) is 2.89. The highest BCUT2D eigenvalue weighted by Crippen LogP contribution is 2.14. The number of hydrogen-bond donors (Lipinski definition) is 0. The second-order valence-corrected chi connectivity index (χ2v) is 4.18. The first-order valence-electron chi connectivity index (χ1n) is 5.90. The van der Waals surface area contributed by atoms with Gasteiger partial charge < -0.3 is 19.4 Å². The Morgan fingerprint density at radius 2 is 2.10 bits per heavy atom. The van der Waals surface area contributed by atoms with Crippen LogP contribution in [0.15, 0.2) is 36.8 Å². The van der Waals surface area contributed by atoms with Crippen molar-refractivity contribution in [3.63, 3.8) is 0 Å². The number of esters is 1. The van der Waals surface area contributed by atoms with Gasteiger partial charge in [-0.1, -0.05) is 24.3 Å². The summed E-state index contributed by atoms with van der Waals surface area (Å²) in [5.41, 5.74) is 1.72. The van der Waals surface area contributed by atoms with Crippen LogP contribution in [0.1, 0.15) is 11.1 Å². The molecule has 0 aliphatic heterocycles. The number of carbonyl (C=O) groups excluding carboxylic acids is 1. The van der Waals surface area contributed by atoms with E-state index in [9.17, 15) is 14.9 Å². The number of hydrogen-bond acceptors (Lipinski definition) is 5. The van der Waals surface area contributed by atoms with E-state index >= 15 is 0 Å². The molecule has 0 bridgehead atoms. The number of benzene rings is 1. The van der Waals surface area contributed by atoms with Crippen LogP contribution in [-0.4, -0.2) is 27.6 Å². The van der Waals surface area contributed by atoms with Crippen molar-refractivity contribution in [2.24, 2.45) is 0 Å². The van der Waals surface area contributed by atoms with E-state index in [2.05, 4.69) is 9.72 Å². The molecule has 1 aromatic heterocycles. The van der Waals surface area contributed by atoms with Crippen molar-refractivity contribution in [2.45, 2.75) is 13.0 Å². The fourth-order valence-electron chi connectivity index (χ4n) is 1.84. The van der Waals surface area contributed by atoms with Crippen LogP contribution in [0.5, 0.6) is 0 Å². The lowest BCUT2D eigenvalue weighted by Gasteiger charge is -2.08. The van der Waals surface area contributed by atoms with Gasteiger partial charge in [0.25, 0.3) is 0 Å². The minimum Gasteiger partial charge on any atom is -0.469 e. The molecule has 7 nitrogen and oxygen atoms in total. The lowest BCUT2D eigenvalue weighted by Crippen LogP contribution is -2.08. The van der Waals surface area contributed by atoms with Crippen LogP contribution in [0.4, 0.5) is 5.82 Å². The number of rotatable bonds is 5. The van der Waals surface area contributed by atoms with Gasteiger partial charge in [0.2, 0.25) is 6.33 Å². The van der Waals surface area contributed by atoms with Gasteiger partial charge in [0.05, 0.1) is 20.1 Å². The third-order valence-corrected chi connectivity index (χ3v) is 2.84. The Labute approximate surface area is 115 Å². The molecule has 0 N–H and O–H groups in total. The topological polar surface area (TPSA) is 87.3 Å². The molecule has 2 aromatic rings. The zero-order valence-electron chi connectivity index (χ0n) is 10.9. The van der Waals surface area contributed by atoms with Crippen LogP contribution in [0, 0.1) is 10.1 Å². The first-order valence-corrected chi connectivity index (χ1v) is 5.90. The summed E-state index contributed by atoms with van der Waals surface area (Å²) in [6, 6.07) is 7.38. The van der Waals surface area contributed by atoms with E-state index in [4.69, 9.17) is 0 Å². The van der Waals surface area contributed by atoms with Crippen molar-refractivity contribution in [3.8, 4) is 0 Å². The van der Waals surface area contributed by atoms with Crippen molar-refractivity contribution in [3.05, 3.63) is 58.0 Å². The third kappa shape index (κ3) is 3.19. The van der Waals surface area contributed by atoms with Crippen molar-refractivity contribution >= 4 is 11.8 Å². The summed E-state index contributed by atoms with van der Waals surface area (Å²) in [5.74, 6) is -0.524. The fraction of sp³-hybridized carbons (Fsp3) is 0.231. The van der Waals surface area contributed by atoms with Crippen molar-refractivity contribution in [1.82, 2.24) is 9.55 Å². The Morgan fingerprint density at radius 1 is 1.40 bits per heavy atom. The highest BCUT2D eigenvalue weighted by molar-refractivity contribution is 5.72. The summed E-state index contributed by atoms with van der Waals surface area (Å²) in [5, 5.41) is 10.6. The molecule has 0 fully saturated rings. The van der Waals surface area contributed by atoms with Gasteiger partial charge >= 0.3 is 11.8 Å². The monoisotopic (exact) mass is 275 g/mol. The second-order valence-electron chi connectivity index (χ2n) is 4.18. The summed E-state index contributed by atoms with van der Waals surface area (Å²) < 4.78 is 6.25. The molecule has 0 saturated heterocycles. The zero-order chi connectivity index (χ0) is 14.5. The van der Waals surface area contributed by atoms with Crippen LogP contribution >= 0.6 is 0 Å². The average molecular weight is 275 g/mol. The highest BCUT2D eigenvalue weighted by Gasteiger charge is 2.12. The molecule has 0 unspecified atom stereocenters. The standard InChI is InChI=1S/C13H13N3O4/c1-20-13(17)6-10-4-2-3-5-11(10)7-15-8-12(14-9-15)16(18)19/h2-5,8-9H,6-7H2,1H3. The minimum absolute atomic E-state index is 0.170. The van der Waals surface area contributed by atoms with Crippen LogP contribution < -0.4 is 0 Å². The van der Waals surface area contributed by atoms with Gasteiger partial charge in [0.15, 0.2) is 0 Å². The maximum atomic E-state index is 11.3. The number of nitro groups is 1. The maximum absolute atomic E-state index is 11.3. The quantitative estimate of drug-likeness (QED) is 0.469. The number of ether oxygens (including phenoxy) is 1. The van der Waals surface area contributed by atoms with Crippen molar-refractivity contribution < 1.29 is 14.5 Å². The van der Waals surface area contributed by atoms with E-state index in [1.54, 1.807) is 4.57 Å². The normalized spacial score (nSPS) is 10.2. The number of aromatic nitrogens is 2. The Morgan fingerprint density at radius 3 is 2.70 bits per heavy atom. The van der Waals surface area contributed by atoms with E-state index < -0.39 is 4.92 Å². The molecule has 20 heavy (non-hydrogen) atoms. The molecule has 0 aliphatic rings. The second kappa shape index (κ2) is 5.96. The molecule has 1 heterocycles. The molecular formula is C13H13N3O4. The molecule has 7 heteroatoms. The molecular weight excluding hydrogens is 262 g/mol. The van der Waals surface area contributed by atoms with Crippen molar-refractivity contribution in [2.75, 3.05) is 7.11 Å². The summed E-state index contributed by atoms with van der Waals surface area (Å²) in [7, 11) is 1.34. The van der Waals surface area contributed by atoms with Crippen molar-refractivity contribution in [1.29, 1.82) is 0 Å². The summed E-state index contributed by atoms with van der Waals surface area (Å²) in [6.45, 7) is 0.411. The predicted molar refractivity (Wildman–Crippen MR) is 70.1 cm³/mol. The molecule has 0 spiro atoms. The Kier molecular flexibility index (Phi) is 4.09. The van der Waals surface area contributed by atoms with Crippen LogP contribution in [0.25, 0.3) is 0 Å². The molecule has 0 amide bonds. The van der Waals surface area contributed by atoms with Gasteiger partial charge in [-0.2, -0.15) is 0 Å². The van der Waals surface area contributed by atoms with E-state index in [0.717, 1.165) is 11.1 Å². The lowest BCUT2D eigenvalue weighted by molar-refractivity contribution is -0.389. The van der Waals surface area contributed by atoms with Gasteiger partial charge in [-0.3, -0.25) is 4.79 Å². The summed E-state index contributed by atoms with van der Waals surface area (Å²) in [4.78, 5) is 25.1. The smallest absolute Gasteiger partial charge is 0.381 e. The first kappa shape index (κ1) is 13.7. The third-order valence-electron chi connectivity index (χ3n) is 2.84. The summed E-state index contributed by atoms with van der Waals surface area (Å²) >= 11 is 0. The zero-order valence-corrected chi connectivity index (χ0v) is 10.9. The molecule has 104 valence electrons. The van der Waals surface area contributed by atoms with Crippen LogP contribution in [0.2, 0.25) is 0 Å².